The molecule has 0 N–H and O–H groups in total. The Bertz CT molecular complexity index is 4710. The van der Waals surface area contributed by atoms with Gasteiger partial charge >= 0.3 is 0 Å². The SMILES string of the molecule is c1ccc(C2(c3ccccc3)c3ccccc3-c3ccc(N(c4ccc(-c5ccc6sc7ccccc7c6c5)cc4)c4ccc5c(c4)C4(c6ccccc6-5)c5ccccc5-n5c6ccccc6c6cccc4c65)cc32)cc1. The van der Waals surface area contributed by atoms with Crippen LogP contribution >= 0.6 is 11.3 Å². The van der Waals surface area contributed by atoms with Crippen molar-refractivity contribution in [2.75, 3.05) is 4.90 Å². The standard InChI is InChI=1S/C74H46N2S/c1-3-18-49(19-4-1)73(50-20-5-2-6-21-50)62-27-11-7-22-54(62)56-41-39-52(45-66(56)73)75(51-37-34-47(35-38-51)48-36-43-71-61(44-48)59-25-10-16-33-70(59)77-71)53-40-42-57-55-23-8-12-28-63(55)74(67(57)46-53)64-29-13-15-32-69(64)76-68-31-14-9-24-58(68)60-26-17-30-65(74)72(60)76/h1-46H. The van der Waals surface area contributed by atoms with E-state index in [1.165, 1.54) is 126 Å². The van der Waals surface area contributed by atoms with Crippen molar-refractivity contribution < 1.29 is 0 Å². The molecule has 0 saturated carbocycles. The maximum absolute atomic E-state index is 2.54. The first-order valence-electron chi connectivity index (χ1n) is 26.7. The lowest BCUT2D eigenvalue weighted by molar-refractivity contribution is 0.748. The van der Waals surface area contributed by atoms with Gasteiger partial charge in [-0.15, -0.1) is 11.3 Å². The van der Waals surface area contributed by atoms with Crippen LogP contribution in [0.4, 0.5) is 17.1 Å². The number of para-hydroxylation sites is 3. The van der Waals surface area contributed by atoms with Crippen molar-refractivity contribution >= 4 is 70.4 Å². The minimum Gasteiger partial charge on any atom is -0.310 e. The van der Waals surface area contributed by atoms with Crippen molar-refractivity contribution in [3.05, 3.63) is 324 Å². The molecule has 0 saturated heterocycles. The summed E-state index contributed by atoms with van der Waals surface area (Å²) in [5.74, 6) is 0. The fourth-order valence-corrected chi connectivity index (χ4v) is 15.5. The number of anilines is 3. The van der Waals surface area contributed by atoms with Gasteiger partial charge in [-0.2, -0.15) is 0 Å². The third-order valence-electron chi connectivity index (χ3n) is 17.5. The summed E-state index contributed by atoms with van der Waals surface area (Å²) < 4.78 is 5.17. The summed E-state index contributed by atoms with van der Waals surface area (Å²) in [6, 6.07) is 105. The van der Waals surface area contributed by atoms with Crippen LogP contribution in [0.15, 0.2) is 279 Å². The van der Waals surface area contributed by atoms with Crippen LogP contribution in [-0.2, 0) is 10.8 Å². The monoisotopic (exact) mass is 994 g/mol. The number of nitrogens with zero attached hydrogens (tertiary/aromatic N) is 2. The van der Waals surface area contributed by atoms with Crippen LogP contribution in [0.2, 0.25) is 0 Å². The number of aromatic nitrogens is 1. The molecule has 1 aliphatic heterocycles. The number of benzene rings is 12. The summed E-state index contributed by atoms with van der Waals surface area (Å²) in [6.45, 7) is 0. The highest BCUT2D eigenvalue weighted by molar-refractivity contribution is 7.25. The predicted octanol–water partition coefficient (Wildman–Crippen LogP) is 19.3. The number of fused-ring (bicyclic) bond motifs is 18. The van der Waals surface area contributed by atoms with E-state index in [1.54, 1.807) is 0 Å². The molecule has 3 heteroatoms. The van der Waals surface area contributed by atoms with Crippen LogP contribution in [0, 0.1) is 0 Å². The maximum atomic E-state index is 2.54. The maximum Gasteiger partial charge on any atom is 0.0755 e. The van der Waals surface area contributed by atoms with E-state index in [0.29, 0.717) is 0 Å². The van der Waals surface area contributed by atoms with Gasteiger partial charge in [0.25, 0.3) is 0 Å². The number of hydrogen-bond acceptors (Lipinski definition) is 2. The van der Waals surface area contributed by atoms with Gasteiger partial charge in [0.05, 0.1) is 27.6 Å². The molecule has 3 heterocycles. The van der Waals surface area contributed by atoms with Gasteiger partial charge in [-0.3, -0.25) is 0 Å². The lowest BCUT2D eigenvalue weighted by atomic mass is 9.65. The summed E-state index contributed by atoms with van der Waals surface area (Å²) >= 11 is 1.87. The van der Waals surface area contributed by atoms with Crippen LogP contribution in [-0.4, -0.2) is 4.57 Å². The summed E-state index contributed by atoms with van der Waals surface area (Å²) in [6.07, 6.45) is 0. The molecule has 17 rings (SSSR count). The Morgan fingerprint density at radius 3 is 1.52 bits per heavy atom. The average Bonchev–Trinajstić information content (AvgIpc) is 3.59. The second kappa shape index (κ2) is 16.0. The molecular formula is C74H46N2S. The lowest BCUT2D eigenvalue weighted by Gasteiger charge is -2.40. The van der Waals surface area contributed by atoms with E-state index in [4.69, 9.17) is 0 Å². The Labute approximate surface area is 450 Å². The normalized spacial score (nSPS) is 15.2. The fraction of sp³-hybridized carbons (Fsp3) is 0.0270. The summed E-state index contributed by atoms with van der Waals surface area (Å²) in [5.41, 5.74) is 23.6. The summed E-state index contributed by atoms with van der Waals surface area (Å²) in [7, 11) is 0. The van der Waals surface area contributed by atoms with Crippen LogP contribution in [0.3, 0.4) is 0 Å². The van der Waals surface area contributed by atoms with Gasteiger partial charge < -0.3 is 9.47 Å². The van der Waals surface area contributed by atoms with Crippen LogP contribution in [0.1, 0.15) is 44.5 Å². The number of hydrogen-bond donors (Lipinski definition) is 0. The first-order valence-corrected chi connectivity index (χ1v) is 27.6. The Morgan fingerprint density at radius 2 is 0.805 bits per heavy atom. The minimum atomic E-state index is -0.599. The molecule has 358 valence electrons. The zero-order chi connectivity index (χ0) is 50.4. The van der Waals surface area contributed by atoms with Gasteiger partial charge in [-0.1, -0.05) is 212 Å². The van der Waals surface area contributed by atoms with E-state index in [9.17, 15) is 0 Å². The largest absolute Gasteiger partial charge is 0.310 e. The van der Waals surface area contributed by atoms with Crippen molar-refractivity contribution in [2.45, 2.75) is 10.8 Å². The van der Waals surface area contributed by atoms with E-state index >= 15 is 0 Å². The second-order valence-electron chi connectivity index (χ2n) is 21.0. The molecule has 3 aliphatic rings. The van der Waals surface area contributed by atoms with Crippen LogP contribution in [0.5, 0.6) is 0 Å². The molecular weight excluding hydrogens is 949 g/mol. The Hall–Kier alpha value is -9.54. The van der Waals surface area contributed by atoms with Gasteiger partial charge in [0.1, 0.15) is 0 Å². The summed E-state index contributed by atoms with van der Waals surface area (Å²) in [5, 5.41) is 5.17. The average molecular weight is 995 g/mol. The molecule has 0 bridgehead atoms. The first kappa shape index (κ1) is 42.8. The highest BCUT2D eigenvalue weighted by Gasteiger charge is 2.51. The fourth-order valence-electron chi connectivity index (χ4n) is 14.4. The lowest BCUT2D eigenvalue weighted by Crippen LogP contribution is -2.33. The molecule has 1 spiro atoms. The van der Waals surface area contributed by atoms with E-state index in [1.807, 2.05) is 11.3 Å². The van der Waals surface area contributed by atoms with Gasteiger partial charge in [0, 0.05) is 48.0 Å². The highest BCUT2D eigenvalue weighted by atomic mass is 32.1. The molecule has 0 fully saturated rings. The Morgan fingerprint density at radius 1 is 0.299 bits per heavy atom. The topological polar surface area (TPSA) is 8.17 Å². The van der Waals surface area contributed by atoms with Gasteiger partial charge in [-0.25, -0.2) is 0 Å². The van der Waals surface area contributed by atoms with E-state index in [2.05, 4.69) is 289 Å². The predicted molar refractivity (Wildman–Crippen MR) is 322 cm³/mol. The van der Waals surface area contributed by atoms with Gasteiger partial charge in [0.2, 0.25) is 0 Å². The third kappa shape index (κ3) is 5.68. The van der Waals surface area contributed by atoms with Crippen molar-refractivity contribution in [3.8, 4) is 39.1 Å². The molecule has 2 aliphatic carbocycles. The van der Waals surface area contributed by atoms with Crippen molar-refractivity contribution in [2.24, 2.45) is 0 Å². The molecule has 12 aromatic carbocycles. The first-order chi connectivity index (χ1) is 38.2. The quantitative estimate of drug-likeness (QED) is 0.161. The van der Waals surface area contributed by atoms with Crippen molar-refractivity contribution in [3.63, 3.8) is 0 Å². The molecule has 1 atom stereocenters. The van der Waals surface area contributed by atoms with Gasteiger partial charge in [0.15, 0.2) is 0 Å². The zero-order valence-corrected chi connectivity index (χ0v) is 42.7. The third-order valence-corrected chi connectivity index (χ3v) is 18.6. The molecule has 0 radical (unpaired) electrons. The number of rotatable bonds is 6. The number of thiophene rings is 1. The molecule has 0 amide bonds. The molecule has 77 heavy (non-hydrogen) atoms. The van der Waals surface area contributed by atoms with E-state index in [0.717, 1.165) is 17.1 Å². The second-order valence-corrected chi connectivity index (χ2v) is 22.1. The Balaban J connectivity index is 0.925. The molecule has 14 aromatic rings. The van der Waals surface area contributed by atoms with Crippen molar-refractivity contribution in [1.29, 1.82) is 0 Å². The highest BCUT2D eigenvalue weighted by Crippen LogP contribution is 2.63. The van der Waals surface area contributed by atoms with E-state index < -0.39 is 10.8 Å². The van der Waals surface area contributed by atoms with Crippen LogP contribution < -0.4 is 4.90 Å². The molecule has 2 aromatic heterocycles. The molecule has 2 nitrogen and oxygen atoms in total. The minimum absolute atomic E-state index is 0.558. The summed E-state index contributed by atoms with van der Waals surface area (Å²) in [4.78, 5) is 2.52. The molecule has 1 unspecified atom stereocenters. The van der Waals surface area contributed by atoms with E-state index in [-0.39, 0.29) is 0 Å². The Kier molecular flexibility index (Phi) is 8.88. The van der Waals surface area contributed by atoms with Crippen molar-refractivity contribution in [1.82, 2.24) is 4.57 Å². The van der Waals surface area contributed by atoms with Gasteiger partial charge in [-0.05, 0) is 145 Å². The van der Waals surface area contributed by atoms with Crippen LogP contribution in [0.25, 0.3) is 81.0 Å². The zero-order valence-electron chi connectivity index (χ0n) is 41.9. The smallest absolute Gasteiger partial charge is 0.0755 e.